The number of anilines is 1. The molecule has 0 radical (unpaired) electrons. The van der Waals surface area contributed by atoms with E-state index < -0.39 is 0 Å². The number of carbonyl (C=O) groups is 1. The number of benzene rings is 1. The van der Waals surface area contributed by atoms with E-state index in [4.69, 9.17) is 13.6 Å². The van der Waals surface area contributed by atoms with E-state index in [0.29, 0.717) is 24.7 Å². The van der Waals surface area contributed by atoms with Crippen molar-refractivity contribution in [2.24, 2.45) is 0 Å². The molecule has 168 valence electrons. The van der Waals surface area contributed by atoms with Crippen molar-refractivity contribution in [2.45, 2.75) is 25.8 Å². The van der Waals surface area contributed by atoms with Gasteiger partial charge < -0.3 is 28.3 Å². The van der Waals surface area contributed by atoms with Gasteiger partial charge in [0.2, 0.25) is 0 Å². The standard InChI is InChI=1S/C24H28N4O4/c1-17-25-16-23(32-17)19-8-7-18(15-22(19)30-2)26-10-12-27(13-11-26)24(29)28-9-3-5-20(28)21-6-4-14-31-21/h4,6-8,14-16,20H,3,5,9-13H2,1-2H3. The normalized spacial score (nSPS) is 18.9. The number of hydrogen-bond donors (Lipinski definition) is 0. The van der Waals surface area contributed by atoms with Crippen LogP contribution in [-0.4, -0.2) is 60.6 Å². The molecule has 2 saturated heterocycles. The first kappa shape index (κ1) is 20.5. The van der Waals surface area contributed by atoms with Crippen LogP contribution in [0.5, 0.6) is 5.75 Å². The van der Waals surface area contributed by atoms with E-state index in [1.807, 2.05) is 41.0 Å². The molecule has 0 spiro atoms. The number of hydrogen-bond acceptors (Lipinski definition) is 6. The summed E-state index contributed by atoms with van der Waals surface area (Å²) in [4.78, 5) is 23.6. The summed E-state index contributed by atoms with van der Waals surface area (Å²) >= 11 is 0. The van der Waals surface area contributed by atoms with E-state index in [2.05, 4.69) is 16.0 Å². The molecule has 2 aliphatic rings. The molecule has 0 saturated carbocycles. The third-order valence-corrected chi connectivity index (χ3v) is 6.36. The van der Waals surface area contributed by atoms with Gasteiger partial charge >= 0.3 is 6.03 Å². The minimum absolute atomic E-state index is 0.0482. The van der Waals surface area contributed by atoms with E-state index in [-0.39, 0.29) is 12.1 Å². The van der Waals surface area contributed by atoms with Gasteiger partial charge in [-0.15, -0.1) is 0 Å². The highest BCUT2D eigenvalue weighted by molar-refractivity contribution is 5.76. The number of nitrogens with zero attached hydrogens (tertiary/aromatic N) is 4. The van der Waals surface area contributed by atoms with Gasteiger partial charge in [0.1, 0.15) is 11.5 Å². The van der Waals surface area contributed by atoms with Crippen molar-refractivity contribution in [1.82, 2.24) is 14.8 Å². The van der Waals surface area contributed by atoms with Crippen molar-refractivity contribution in [1.29, 1.82) is 0 Å². The van der Waals surface area contributed by atoms with E-state index in [1.54, 1.807) is 19.6 Å². The quantitative estimate of drug-likeness (QED) is 0.606. The van der Waals surface area contributed by atoms with Gasteiger partial charge in [-0.2, -0.15) is 0 Å². The summed E-state index contributed by atoms with van der Waals surface area (Å²) in [5.74, 6) is 2.94. The van der Waals surface area contributed by atoms with Gasteiger partial charge in [0.15, 0.2) is 11.7 Å². The van der Waals surface area contributed by atoms with Crippen LogP contribution < -0.4 is 9.64 Å². The Kier molecular flexibility index (Phi) is 5.51. The van der Waals surface area contributed by atoms with Crippen LogP contribution in [0.15, 0.2) is 51.6 Å². The number of carbonyl (C=O) groups excluding carboxylic acids is 1. The second-order valence-corrected chi connectivity index (χ2v) is 8.25. The molecule has 4 heterocycles. The van der Waals surface area contributed by atoms with E-state index in [9.17, 15) is 4.79 Å². The average Bonchev–Trinajstić information content (AvgIpc) is 3.59. The lowest BCUT2D eigenvalue weighted by atomic mass is 10.1. The number of oxazole rings is 1. The molecule has 1 atom stereocenters. The lowest BCUT2D eigenvalue weighted by Gasteiger charge is -2.38. The summed E-state index contributed by atoms with van der Waals surface area (Å²) in [6.45, 7) is 5.52. The van der Waals surface area contributed by atoms with Crippen LogP contribution in [0.4, 0.5) is 10.5 Å². The number of amides is 2. The summed E-state index contributed by atoms with van der Waals surface area (Å²) < 4.78 is 16.9. The lowest BCUT2D eigenvalue weighted by Crippen LogP contribution is -2.52. The predicted molar refractivity (Wildman–Crippen MR) is 120 cm³/mol. The molecule has 1 unspecified atom stereocenters. The van der Waals surface area contributed by atoms with Crippen LogP contribution >= 0.6 is 0 Å². The largest absolute Gasteiger partial charge is 0.496 e. The molecule has 0 bridgehead atoms. The molecule has 2 aromatic heterocycles. The first-order valence-corrected chi connectivity index (χ1v) is 11.1. The van der Waals surface area contributed by atoms with E-state index in [0.717, 1.165) is 55.2 Å². The van der Waals surface area contributed by atoms with Crippen LogP contribution in [0, 0.1) is 6.92 Å². The number of urea groups is 1. The molecular formula is C24H28N4O4. The Bertz CT molecular complexity index is 1070. The SMILES string of the molecule is COc1cc(N2CCN(C(=O)N3CCCC3c3ccco3)CC2)ccc1-c1cnc(C)o1. The van der Waals surface area contributed by atoms with Gasteiger partial charge in [0, 0.05) is 51.4 Å². The number of aryl methyl sites for hydroxylation is 1. The Morgan fingerprint density at radius 1 is 1.16 bits per heavy atom. The fourth-order valence-corrected chi connectivity index (χ4v) is 4.68. The molecule has 1 aromatic carbocycles. The van der Waals surface area contributed by atoms with Gasteiger partial charge in [-0.05, 0) is 37.1 Å². The first-order valence-electron chi connectivity index (χ1n) is 11.1. The molecule has 32 heavy (non-hydrogen) atoms. The van der Waals surface area contributed by atoms with Gasteiger partial charge in [0.05, 0.1) is 31.2 Å². The molecule has 2 amide bonds. The molecule has 0 N–H and O–H groups in total. The molecular weight excluding hydrogens is 408 g/mol. The number of rotatable bonds is 4. The maximum atomic E-state index is 13.2. The summed E-state index contributed by atoms with van der Waals surface area (Å²) in [6.07, 6.45) is 5.35. The van der Waals surface area contributed by atoms with E-state index >= 15 is 0 Å². The minimum Gasteiger partial charge on any atom is -0.496 e. The van der Waals surface area contributed by atoms with Crippen LogP contribution in [-0.2, 0) is 0 Å². The Hall–Kier alpha value is -3.42. The van der Waals surface area contributed by atoms with Crippen molar-refractivity contribution in [2.75, 3.05) is 44.7 Å². The van der Waals surface area contributed by atoms with Gasteiger partial charge in [-0.3, -0.25) is 0 Å². The number of likely N-dealkylation sites (tertiary alicyclic amines) is 1. The van der Waals surface area contributed by atoms with Crippen LogP contribution in [0.25, 0.3) is 11.3 Å². The molecule has 2 fully saturated rings. The zero-order valence-electron chi connectivity index (χ0n) is 18.5. The maximum absolute atomic E-state index is 13.2. The molecule has 5 rings (SSSR count). The smallest absolute Gasteiger partial charge is 0.320 e. The third kappa shape index (κ3) is 3.81. The topological polar surface area (TPSA) is 75.2 Å². The Balaban J connectivity index is 1.25. The fraction of sp³-hybridized carbons (Fsp3) is 0.417. The van der Waals surface area contributed by atoms with Crippen molar-refractivity contribution in [3.63, 3.8) is 0 Å². The predicted octanol–water partition coefficient (Wildman–Crippen LogP) is 4.33. The van der Waals surface area contributed by atoms with Crippen molar-refractivity contribution < 1.29 is 18.4 Å². The Labute approximate surface area is 187 Å². The van der Waals surface area contributed by atoms with Gasteiger partial charge in [-0.25, -0.2) is 9.78 Å². The minimum atomic E-state index is 0.0482. The van der Waals surface area contributed by atoms with Crippen LogP contribution in [0.1, 0.15) is 30.5 Å². The number of piperazine rings is 1. The summed E-state index contributed by atoms with van der Waals surface area (Å²) in [6, 6.07) is 10.1. The Morgan fingerprint density at radius 3 is 2.69 bits per heavy atom. The van der Waals surface area contributed by atoms with Gasteiger partial charge in [-0.1, -0.05) is 0 Å². The molecule has 8 nitrogen and oxygen atoms in total. The monoisotopic (exact) mass is 436 g/mol. The highest BCUT2D eigenvalue weighted by Gasteiger charge is 2.35. The zero-order chi connectivity index (χ0) is 22.1. The number of ether oxygens (including phenoxy) is 1. The number of methoxy groups -OCH3 is 1. The fourth-order valence-electron chi connectivity index (χ4n) is 4.68. The molecule has 3 aromatic rings. The van der Waals surface area contributed by atoms with Crippen molar-refractivity contribution >= 4 is 11.7 Å². The second kappa shape index (κ2) is 8.61. The summed E-state index contributed by atoms with van der Waals surface area (Å²) in [5, 5.41) is 0. The molecule has 8 heteroatoms. The summed E-state index contributed by atoms with van der Waals surface area (Å²) in [7, 11) is 1.66. The van der Waals surface area contributed by atoms with E-state index in [1.165, 1.54) is 0 Å². The Morgan fingerprint density at radius 2 is 2.00 bits per heavy atom. The molecule has 0 aliphatic carbocycles. The average molecular weight is 437 g/mol. The highest BCUT2D eigenvalue weighted by atomic mass is 16.5. The van der Waals surface area contributed by atoms with Crippen LogP contribution in [0.3, 0.4) is 0 Å². The first-order chi connectivity index (χ1) is 15.6. The zero-order valence-corrected chi connectivity index (χ0v) is 18.5. The lowest BCUT2D eigenvalue weighted by molar-refractivity contribution is 0.140. The highest BCUT2D eigenvalue weighted by Crippen LogP contribution is 2.35. The summed E-state index contributed by atoms with van der Waals surface area (Å²) in [5.41, 5.74) is 1.95. The number of furan rings is 1. The third-order valence-electron chi connectivity index (χ3n) is 6.36. The van der Waals surface area contributed by atoms with Gasteiger partial charge in [0.25, 0.3) is 0 Å². The molecule has 2 aliphatic heterocycles. The van der Waals surface area contributed by atoms with Crippen LogP contribution in [0.2, 0.25) is 0 Å². The van der Waals surface area contributed by atoms with Crippen molar-refractivity contribution in [3.05, 3.63) is 54.4 Å². The van der Waals surface area contributed by atoms with Crippen molar-refractivity contribution in [3.8, 4) is 17.1 Å². The maximum Gasteiger partial charge on any atom is 0.320 e. The second-order valence-electron chi connectivity index (χ2n) is 8.25. The number of aromatic nitrogens is 1.